The zero-order chi connectivity index (χ0) is 44.6. The van der Waals surface area contributed by atoms with Gasteiger partial charge in [0.05, 0.1) is 13.2 Å². The predicted octanol–water partition coefficient (Wildman–Crippen LogP) is 15.3. The van der Waals surface area contributed by atoms with Crippen LogP contribution in [-0.2, 0) is 27.9 Å². The fraction of sp³-hybridized carbons (Fsp3) is 0.922. The SMILES string of the molecule is CCCCCCCC/C=C/CCCCCCCCCCCC(=O)NCCOP(=O)(O)OCC(O)COC(=O)CCCCCCCCCCCCCCCCCCCCCCC. The lowest BCUT2D eigenvalue weighted by molar-refractivity contribution is -0.147. The van der Waals surface area contributed by atoms with Gasteiger partial charge in [0.15, 0.2) is 0 Å². The van der Waals surface area contributed by atoms with Gasteiger partial charge in [-0.25, -0.2) is 4.57 Å². The van der Waals surface area contributed by atoms with E-state index in [1.807, 2.05) is 0 Å². The molecule has 0 aliphatic carbocycles. The fourth-order valence-electron chi connectivity index (χ4n) is 7.73. The van der Waals surface area contributed by atoms with Crippen molar-refractivity contribution in [3.63, 3.8) is 0 Å². The summed E-state index contributed by atoms with van der Waals surface area (Å²) in [6.45, 7) is 3.61. The van der Waals surface area contributed by atoms with Gasteiger partial charge in [0.1, 0.15) is 12.7 Å². The van der Waals surface area contributed by atoms with Crippen LogP contribution in [-0.4, -0.2) is 54.3 Å². The van der Waals surface area contributed by atoms with Gasteiger partial charge in [-0.15, -0.1) is 0 Å². The number of carbonyl (C=O) groups is 2. The summed E-state index contributed by atoms with van der Waals surface area (Å²) < 4.78 is 27.0. The van der Waals surface area contributed by atoms with Crippen LogP contribution in [0.5, 0.6) is 0 Å². The van der Waals surface area contributed by atoms with E-state index in [2.05, 4.69) is 31.3 Å². The average Bonchev–Trinajstić information content (AvgIpc) is 3.25. The second-order valence-corrected chi connectivity index (χ2v) is 19.3. The highest BCUT2D eigenvalue weighted by Crippen LogP contribution is 2.42. The first-order valence-corrected chi connectivity index (χ1v) is 27.7. The maximum Gasteiger partial charge on any atom is 0.472 e. The summed E-state index contributed by atoms with van der Waals surface area (Å²) in [7, 11) is -4.42. The third kappa shape index (κ3) is 49.6. The smallest absolute Gasteiger partial charge is 0.463 e. The standard InChI is InChI=1S/C51H100NO8P/c1-3-5-7-9-11-13-15-17-19-21-23-24-26-28-30-32-34-36-38-40-42-44-51(55)58-47-49(53)48-60-61(56,57)59-46-45-52-50(54)43-41-39-37-35-33-31-29-27-25-22-20-18-16-14-12-10-8-6-4-2/h18,20,49,53H,3-17,19,21-48H2,1-2H3,(H,52,54)(H,56,57)/b20-18+. The molecule has 0 aromatic rings. The second kappa shape index (κ2) is 48.2. The van der Waals surface area contributed by atoms with E-state index >= 15 is 0 Å². The van der Waals surface area contributed by atoms with Gasteiger partial charge >= 0.3 is 13.8 Å². The molecule has 0 aliphatic heterocycles. The van der Waals surface area contributed by atoms with Crippen LogP contribution in [0.1, 0.15) is 271 Å². The van der Waals surface area contributed by atoms with Crippen LogP contribution in [0, 0.1) is 0 Å². The Labute approximate surface area is 377 Å². The van der Waals surface area contributed by atoms with Crippen molar-refractivity contribution in [2.24, 2.45) is 0 Å². The molecule has 61 heavy (non-hydrogen) atoms. The van der Waals surface area contributed by atoms with Crippen molar-refractivity contribution >= 4 is 19.7 Å². The molecule has 362 valence electrons. The Morgan fingerprint density at radius 1 is 0.492 bits per heavy atom. The minimum atomic E-state index is -4.42. The van der Waals surface area contributed by atoms with Gasteiger partial charge in [-0.1, -0.05) is 231 Å². The van der Waals surface area contributed by atoms with Crippen molar-refractivity contribution in [3.8, 4) is 0 Å². The first kappa shape index (κ1) is 59.8. The molecule has 0 spiro atoms. The van der Waals surface area contributed by atoms with Gasteiger partial charge in [-0.05, 0) is 38.5 Å². The van der Waals surface area contributed by atoms with Crippen LogP contribution in [0.3, 0.4) is 0 Å². The van der Waals surface area contributed by atoms with E-state index in [4.69, 9.17) is 13.8 Å². The normalized spacial score (nSPS) is 13.2. The number of phosphoric ester groups is 1. The zero-order valence-corrected chi connectivity index (χ0v) is 41.0. The highest BCUT2D eigenvalue weighted by Gasteiger charge is 2.23. The van der Waals surface area contributed by atoms with E-state index in [0.29, 0.717) is 6.42 Å². The molecular weight excluding hydrogens is 786 g/mol. The van der Waals surface area contributed by atoms with Crippen molar-refractivity contribution in [2.75, 3.05) is 26.4 Å². The number of unbranched alkanes of at least 4 members (excludes halogenated alkanes) is 35. The lowest BCUT2D eigenvalue weighted by Crippen LogP contribution is -2.27. The van der Waals surface area contributed by atoms with Gasteiger partial charge in [0.2, 0.25) is 5.91 Å². The second-order valence-electron chi connectivity index (χ2n) is 17.9. The van der Waals surface area contributed by atoms with E-state index in [9.17, 15) is 24.2 Å². The Morgan fingerprint density at radius 3 is 1.23 bits per heavy atom. The Bertz CT molecular complexity index is 1010. The summed E-state index contributed by atoms with van der Waals surface area (Å²) in [5.41, 5.74) is 0. The Morgan fingerprint density at radius 2 is 0.836 bits per heavy atom. The average molecular weight is 886 g/mol. The molecule has 0 saturated heterocycles. The molecule has 3 N–H and O–H groups in total. The quantitative estimate of drug-likeness (QED) is 0.0238. The third-order valence-corrected chi connectivity index (χ3v) is 12.7. The van der Waals surface area contributed by atoms with E-state index in [-0.39, 0.29) is 32.1 Å². The summed E-state index contributed by atoms with van der Waals surface area (Å²) in [6.07, 6.45) is 53.0. The van der Waals surface area contributed by atoms with Gasteiger partial charge in [-0.2, -0.15) is 0 Å². The number of nitrogens with one attached hydrogen (secondary N) is 1. The van der Waals surface area contributed by atoms with Crippen LogP contribution in [0.2, 0.25) is 0 Å². The molecule has 0 aromatic heterocycles. The van der Waals surface area contributed by atoms with Gasteiger partial charge in [0.25, 0.3) is 0 Å². The van der Waals surface area contributed by atoms with Crippen LogP contribution < -0.4 is 5.32 Å². The lowest BCUT2D eigenvalue weighted by atomic mass is 10.0. The first-order valence-electron chi connectivity index (χ1n) is 26.2. The topological polar surface area (TPSA) is 131 Å². The highest BCUT2D eigenvalue weighted by atomic mass is 31.2. The number of hydrogen-bond acceptors (Lipinski definition) is 7. The Kier molecular flexibility index (Phi) is 47.2. The van der Waals surface area contributed by atoms with E-state index in [1.165, 1.54) is 205 Å². The van der Waals surface area contributed by atoms with Crippen LogP contribution in [0.25, 0.3) is 0 Å². The fourth-order valence-corrected chi connectivity index (χ4v) is 8.49. The predicted molar refractivity (Wildman–Crippen MR) is 257 cm³/mol. The summed E-state index contributed by atoms with van der Waals surface area (Å²) in [5.74, 6) is -0.504. The Hall–Kier alpha value is -1.25. The number of rotatable bonds is 50. The van der Waals surface area contributed by atoms with Crippen molar-refractivity contribution in [1.29, 1.82) is 0 Å². The van der Waals surface area contributed by atoms with Crippen LogP contribution >= 0.6 is 7.82 Å². The molecule has 0 aliphatic rings. The minimum Gasteiger partial charge on any atom is -0.463 e. The number of aliphatic hydroxyl groups is 1. The van der Waals surface area contributed by atoms with E-state index < -0.39 is 26.5 Å². The molecule has 0 radical (unpaired) electrons. The zero-order valence-electron chi connectivity index (χ0n) is 40.1. The highest BCUT2D eigenvalue weighted by molar-refractivity contribution is 7.47. The van der Waals surface area contributed by atoms with Gasteiger partial charge in [0, 0.05) is 19.4 Å². The number of esters is 1. The monoisotopic (exact) mass is 886 g/mol. The number of ether oxygens (including phenoxy) is 1. The Balaban J connectivity index is 3.51. The third-order valence-electron chi connectivity index (χ3n) is 11.7. The van der Waals surface area contributed by atoms with Crippen molar-refractivity contribution in [1.82, 2.24) is 5.32 Å². The molecule has 2 unspecified atom stereocenters. The summed E-state index contributed by atoms with van der Waals surface area (Å²) in [4.78, 5) is 34.1. The maximum absolute atomic E-state index is 12.1. The summed E-state index contributed by atoms with van der Waals surface area (Å²) in [5, 5.41) is 12.8. The molecule has 10 heteroatoms. The molecule has 0 heterocycles. The molecule has 1 amide bonds. The number of aliphatic hydroxyl groups excluding tert-OH is 1. The van der Waals surface area contributed by atoms with Crippen molar-refractivity contribution in [3.05, 3.63) is 12.2 Å². The molecule has 0 aromatic carbocycles. The number of amides is 1. The number of allylic oxidation sites excluding steroid dienone is 2. The van der Waals surface area contributed by atoms with E-state index in [0.717, 1.165) is 38.5 Å². The molecule has 0 saturated carbocycles. The molecule has 0 fully saturated rings. The molecular formula is C51H100NO8P. The van der Waals surface area contributed by atoms with Crippen molar-refractivity contribution < 1.29 is 37.9 Å². The summed E-state index contributed by atoms with van der Waals surface area (Å²) >= 11 is 0. The maximum atomic E-state index is 12.1. The van der Waals surface area contributed by atoms with Gasteiger partial charge in [-0.3, -0.25) is 18.6 Å². The number of carbonyl (C=O) groups excluding carboxylic acids is 2. The molecule has 0 rings (SSSR count). The number of hydrogen-bond donors (Lipinski definition) is 3. The first-order chi connectivity index (χ1) is 29.8. The van der Waals surface area contributed by atoms with Crippen LogP contribution in [0.15, 0.2) is 12.2 Å². The molecule has 0 bridgehead atoms. The largest absolute Gasteiger partial charge is 0.472 e. The van der Waals surface area contributed by atoms with E-state index in [1.54, 1.807) is 0 Å². The number of phosphoric acid groups is 1. The minimum absolute atomic E-state index is 0.0847. The van der Waals surface area contributed by atoms with Gasteiger partial charge < -0.3 is 20.1 Å². The van der Waals surface area contributed by atoms with Crippen LogP contribution in [0.4, 0.5) is 0 Å². The summed E-state index contributed by atoms with van der Waals surface area (Å²) in [6, 6.07) is 0. The molecule has 9 nitrogen and oxygen atoms in total. The molecule has 2 atom stereocenters. The lowest BCUT2D eigenvalue weighted by Gasteiger charge is -2.15. The van der Waals surface area contributed by atoms with Crippen molar-refractivity contribution in [2.45, 2.75) is 277 Å².